The Balaban J connectivity index is 1.73. The van der Waals surface area contributed by atoms with E-state index in [0.29, 0.717) is 11.4 Å². The van der Waals surface area contributed by atoms with Gasteiger partial charge < -0.3 is 10.6 Å². The Morgan fingerprint density at radius 2 is 1.07 bits per heavy atom. The summed E-state index contributed by atoms with van der Waals surface area (Å²) >= 11 is 1.08. The van der Waals surface area contributed by atoms with Gasteiger partial charge in [-0.25, -0.2) is 0 Å². The van der Waals surface area contributed by atoms with E-state index in [4.69, 9.17) is 0 Å². The predicted octanol–water partition coefficient (Wildman–Crippen LogP) is 2.81. The normalized spacial score (nSPS) is 10.1. The fourth-order valence-corrected chi connectivity index (χ4v) is 2.58. The minimum atomic E-state index is -0.537. The van der Waals surface area contributed by atoms with Gasteiger partial charge in [0.1, 0.15) is 0 Å². The first kappa shape index (κ1) is 19.8. The van der Waals surface area contributed by atoms with Crippen molar-refractivity contribution in [1.29, 1.82) is 0 Å². The third-order valence-corrected chi connectivity index (χ3v) is 4.12. The summed E-state index contributed by atoms with van der Waals surface area (Å²) in [5, 5.41) is 26.3. The molecule has 0 aliphatic rings. The van der Waals surface area contributed by atoms with E-state index in [-0.39, 0.29) is 34.7 Å². The lowest BCUT2D eigenvalue weighted by Gasteiger charge is -2.06. The Bertz CT molecular complexity index is 783. The van der Waals surface area contributed by atoms with E-state index in [1.54, 1.807) is 0 Å². The number of carbonyl (C=O) groups excluding carboxylic acids is 2. The zero-order chi connectivity index (χ0) is 19.8. The van der Waals surface area contributed by atoms with Crippen molar-refractivity contribution in [2.45, 2.75) is 0 Å². The van der Waals surface area contributed by atoms with Crippen LogP contribution in [0, 0.1) is 20.2 Å². The number of benzene rings is 2. The molecule has 0 aromatic heterocycles. The molecule has 27 heavy (non-hydrogen) atoms. The number of thioether (sulfide) groups is 1. The lowest BCUT2D eigenvalue weighted by Crippen LogP contribution is -2.18. The quantitative estimate of drug-likeness (QED) is 0.521. The lowest BCUT2D eigenvalue weighted by molar-refractivity contribution is -0.385. The van der Waals surface area contributed by atoms with Gasteiger partial charge >= 0.3 is 0 Å². The molecule has 0 spiro atoms. The van der Waals surface area contributed by atoms with E-state index < -0.39 is 9.85 Å². The largest absolute Gasteiger partial charge is 0.325 e. The van der Waals surface area contributed by atoms with Gasteiger partial charge in [0, 0.05) is 35.6 Å². The third kappa shape index (κ3) is 6.40. The van der Waals surface area contributed by atoms with Crippen molar-refractivity contribution < 1.29 is 19.4 Å². The summed E-state index contributed by atoms with van der Waals surface area (Å²) in [7, 11) is 0. The van der Waals surface area contributed by atoms with Crippen LogP contribution < -0.4 is 10.6 Å². The van der Waals surface area contributed by atoms with E-state index >= 15 is 0 Å². The first-order chi connectivity index (χ1) is 12.8. The van der Waals surface area contributed by atoms with Crippen LogP contribution in [0.5, 0.6) is 0 Å². The Morgan fingerprint density at radius 1 is 0.741 bits per heavy atom. The number of non-ortho nitro benzene ring substituents is 2. The topological polar surface area (TPSA) is 144 Å². The zero-order valence-corrected chi connectivity index (χ0v) is 14.6. The molecule has 0 fully saturated rings. The van der Waals surface area contributed by atoms with E-state index in [2.05, 4.69) is 10.6 Å². The Hall–Kier alpha value is -3.47. The molecule has 2 N–H and O–H groups in total. The molecule has 2 rings (SSSR count). The van der Waals surface area contributed by atoms with E-state index in [1.807, 2.05) is 0 Å². The molecule has 0 aliphatic carbocycles. The monoisotopic (exact) mass is 390 g/mol. The minimum absolute atomic E-state index is 0.0185. The maximum absolute atomic E-state index is 11.8. The number of hydrogen-bond acceptors (Lipinski definition) is 7. The molecule has 0 bridgehead atoms. The van der Waals surface area contributed by atoms with Crippen molar-refractivity contribution in [2.75, 3.05) is 22.1 Å². The molecule has 0 saturated heterocycles. The number of amides is 2. The maximum Gasteiger partial charge on any atom is 0.269 e. The molecule has 0 aliphatic heterocycles. The highest BCUT2D eigenvalue weighted by Gasteiger charge is 2.09. The van der Waals surface area contributed by atoms with Gasteiger partial charge in [-0.1, -0.05) is 0 Å². The lowest BCUT2D eigenvalue weighted by atomic mass is 10.3. The molecule has 140 valence electrons. The number of nitrogens with zero attached hydrogens (tertiary/aromatic N) is 2. The number of hydrogen-bond donors (Lipinski definition) is 2. The molecule has 2 aromatic rings. The number of nitro groups is 2. The van der Waals surface area contributed by atoms with Gasteiger partial charge in [0.05, 0.1) is 21.4 Å². The smallest absolute Gasteiger partial charge is 0.269 e. The standard InChI is InChI=1S/C16H14N4O6S/c21-15(17-11-1-5-13(6-2-11)19(23)24)9-27-10-16(22)18-12-3-7-14(8-4-12)20(25)26/h1-8H,9-10H2,(H,17,21)(H,18,22). The van der Waals surface area contributed by atoms with E-state index in [9.17, 15) is 29.8 Å². The summed E-state index contributed by atoms with van der Waals surface area (Å²) in [6.45, 7) is 0. The van der Waals surface area contributed by atoms with Gasteiger partial charge in [-0.3, -0.25) is 29.8 Å². The highest BCUT2D eigenvalue weighted by Crippen LogP contribution is 2.17. The van der Waals surface area contributed by atoms with Crippen LogP contribution in [-0.2, 0) is 9.59 Å². The van der Waals surface area contributed by atoms with Gasteiger partial charge in [0.15, 0.2) is 0 Å². The van der Waals surface area contributed by atoms with Gasteiger partial charge in [0.25, 0.3) is 11.4 Å². The van der Waals surface area contributed by atoms with E-state index in [1.165, 1.54) is 48.5 Å². The van der Waals surface area contributed by atoms with Gasteiger partial charge in [-0.15, -0.1) is 11.8 Å². The summed E-state index contributed by atoms with van der Waals surface area (Å²) in [6.07, 6.45) is 0. The van der Waals surface area contributed by atoms with Gasteiger partial charge in [0.2, 0.25) is 11.8 Å². The van der Waals surface area contributed by atoms with Crippen LogP contribution in [0.2, 0.25) is 0 Å². The Morgan fingerprint density at radius 3 is 1.37 bits per heavy atom. The number of nitro benzene ring substituents is 2. The zero-order valence-electron chi connectivity index (χ0n) is 13.8. The number of carbonyl (C=O) groups is 2. The van der Waals surface area contributed by atoms with Crippen molar-refractivity contribution in [3.63, 3.8) is 0 Å². The fourth-order valence-electron chi connectivity index (χ4n) is 1.96. The predicted molar refractivity (Wildman–Crippen MR) is 101 cm³/mol. The van der Waals surface area contributed by atoms with Crippen molar-refractivity contribution in [3.8, 4) is 0 Å². The number of nitrogens with one attached hydrogen (secondary N) is 2. The fraction of sp³-hybridized carbons (Fsp3) is 0.125. The molecule has 2 amide bonds. The van der Waals surface area contributed by atoms with Crippen molar-refractivity contribution in [1.82, 2.24) is 0 Å². The molecule has 10 nitrogen and oxygen atoms in total. The van der Waals surface area contributed by atoms with Crippen LogP contribution in [-0.4, -0.2) is 33.2 Å². The van der Waals surface area contributed by atoms with Gasteiger partial charge in [-0.2, -0.15) is 0 Å². The minimum Gasteiger partial charge on any atom is -0.325 e. The second kappa shape index (κ2) is 9.29. The number of anilines is 2. The van der Waals surface area contributed by atoms with E-state index in [0.717, 1.165) is 11.8 Å². The average Bonchev–Trinajstić information content (AvgIpc) is 2.62. The highest BCUT2D eigenvalue weighted by atomic mass is 32.2. The maximum atomic E-state index is 11.8. The highest BCUT2D eigenvalue weighted by molar-refractivity contribution is 8.00. The summed E-state index contributed by atoms with van der Waals surface area (Å²) in [5.41, 5.74) is 0.679. The summed E-state index contributed by atoms with van der Waals surface area (Å²) in [6, 6.07) is 10.8. The van der Waals surface area contributed by atoms with Crippen LogP contribution in [0.15, 0.2) is 48.5 Å². The van der Waals surface area contributed by atoms with Crippen LogP contribution in [0.25, 0.3) is 0 Å². The van der Waals surface area contributed by atoms with Crippen molar-refractivity contribution in [3.05, 3.63) is 68.8 Å². The molecule has 0 unspecified atom stereocenters. The summed E-state index contributed by atoms with van der Waals surface area (Å²) in [5.74, 6) is -0.663. The van der Waals surface area contributed by atoms with Gasteiger partial charge in [-0.05, 0) is 24.3 Å². The van der Waals surface area contributed by atoms with Crippen LogP contribution in [0.1, 0.15) is 0 Å². The molecular formula is C16H14N4O6S. The summed E-state index contributed by atoms with van der Waals surface area (Å²) < 4.78 is 0. The third-order valence-electron chi connectivity index (χ3n) is 3.19. The summed E-state index contributed by atoms with van der Waals surface area (Å²) in [4.78, 5) is 43.7. The van der Waals surface area contributed by atoms with Crippen LogP contribution in [0.3, 0.4) is 0 Å². The molecule has 0 saturated carbocycles. The number of rotatable bonds is 8. The molecule has 2 aromatic carbocycles. The first-order valence-electron chi connectivity index (χ1n) is 7.51. The second-order valence-corrected chi connectivity index (χ2v) is 6.18. The molecule has 0 heterocycles. The van der Waals surface area contributed by atoms with Crippen molar-refractivity contribution >= 4 is 46.3 Å². The Kier molecular flexibility index (Phi) is 6.83. The average molecular weight is 390 g/mol. The van der Waals surface area contributed by atoms with Crippen LogP contribution in [0.4, 0.5) is 22.7 Å². The molecular weight excluding hydrogens is 376 g/mol. The molecule has 11 heteroatoms. The van der Waals surface area contributed by atoms with Crippen molar-refractivity contribution in [2.24, 2.45) is 0 Å². The Labute approximate surface area is 157 Å². The molecule has 0 atom stereocenters. The SMILES string of the molecule is O=C(CSCC(=O)Nc1ccc([N+](=O)[O-])cc1)Nc1ccc([N+](=O)[O-])cc1. The van der Waals surface area contributed by atoms with Crippen LogP contribution >= 0.6 is 11.8 Å². The molecule has 0 radical (unpaired) electrons. The first-order valence-corrected chi connectivity index (χ1v) is 8.67. The second-order valence-electron chi connectivity index (χ2n) is 5.20.